The minimum Gasteiger partial charge on any atom is -0.487 e. The Morgan fingerprint density at radius 1 is 0.846 bits per heavy atom. The lowest BCUT2D eigenvalue weighted by atomic mass is 10.2. The fraction of sp³-hybridized carbons (Fsp3) is 0.579. The molecule has 0 spiro atoms. The van der Waals surface area contributed by atoms with Crippen LogP contribution in [0.15, 0.2) is 30.3 Å². The molecule has 0 atom stereocenters. The third kappa shape index (κ3) is 10.4. The van der Waals surface area contributed by atoms with Gasteiger partial charge in [0.1, 0.15) is 23.1 Å². The van der Waals surface area contributed by atoms with Gasteiger partial charge in [0.05, 0.1) is 13.1 Å². The minimum absolute atomic E-state index is 0.166. The number of amides is 2. The number of benzene rings is 1. The summed E-state index contributed by atoms with van der Waals surface area (Å²) in [6.45, 7) is 11.1. The molecule has 0 radical (unpaired) electrons. The van der Waals surface area contributed by atoms with Gasteiger partial charge in [-0.2, -0.15) is 0 Å². The van der Waals surface area contributed by atoms with Crippen molar-refractivity contribution in [2.45, 2.75) is 58.8 Å². The van der Waals surface area contributed by atoms with Gasteiger partial charge in [-0.15, -0.1) is 0 Å². The summed E-state index contributed by atoms with van der Waals surface area (Å²) in [7, 11) is 0. The van der Waals surface area contributed by atoms with Crippen molar-refractivity contribution in [2.24, 2.45) is 0 Å². The molecule has 0 aliphatic heterocycles. The average molecular weight is 366 g/mol. The van der Waals surface area contributed by atoms with Crippen LogP contribution in [0, 0.1) is 0 Å². The molecule has 2 amide bonds. The van der Waals surface area contributed by atoms with E-state index in [1.54, 1.807) is 53.7 Å². The summed E-state index contributed by atoms with van der Waals surface area (Å²) in [4.78, 5) is 23.7. The van der Waals surface area contributed by atoms with Gasteiger partial charge >= 0.3 is 12.2 Å². The summed E-state index contributed by atoms with van der Waals surface area (Å²) in [6.07, 6.45) is -1.58. The number of carbonyl (C=O) groups is 2. The first-order valence-electron chi connectivity index (χ1n) is 8.60. The Morgan fingerprint density at radius 2 is 1.27 bits per heavy atom. The van der Waals surface area contributed by atoms with Crippen LogP contribution < -0.4 is 15.4 Å². The molecule has 0 fully saturated rings. The van der Waals surface area contributed by atoms with E-state index in [0.717, 1.165) is 0 Å². The van der Waals surface area contributed by atoms with Crippen LogP contribution in [0.5, 0.6) is 5.75 Å². The lowest BCUT2D eigenvalue weighted by Crippen LogP contribution is -2.45. The molecule has 0 aliphatic rings. The number of hydrogen-bond acceptors (Lipinski definition) is 5. The molecule has 0 aliphatic carbocycles. The smallest absolute Gasteiger partial charge is 0.407 e. The number of hydrogen-bond donors (Lipinski definition) is 2. The van der Waals surface area contributed by atoms with E-state index in [-0.39, 0.29) is 13.1 Å². The highest BCUT2D eigenvalue weighted by molar-refractivity contribution is 5.68. The van der Waals surface area contributed by atoms with Crippen molar-refractivity contribution in [3.05, 3.63) is 30.3 Å². The molecule has 0 bridgehead atoms. The van der Waals surface area contributed by atoms with Gasteiger partial charge in [0.2, 0.25) is 0 Å². The number of carbonyl (C=O) groups excluding carboxylic acids is 2. The summed E-state index contributed by atoms with van der Waals surface area (Å²) in [5, 5.41) is 5.31. The molecule has 26 heavy (non-hydrogen) atoms. The van der Waals surface area contributed by atoms with Gasteiger partial charge in [0.15, 0.2) is 0 Å². The molecule has 1 aromatic carbocycles. The zero-order valence-electron chi connectivity index (χ0n) is 16.4. The van der Waals surface area contributed by atoms with E-state index in [1.165, 1.54) is 0 Å². The highest BCUT2D eigenvalue weighted by Gasteiger charge is 2.20. The number of rotatable bonds is 6. The predicted octanol–water partition coefficient (Wildman–Crippen LogP) is 3.48. The van der Waals surface area contributed by atoms with Crippen molar-refractivity contribution in [2.75, 3.05) is 13.1 Å². The maximum atomic E-state index is 11.8. The van der Waals surface area contributed by atoms with Crippen LogP contribution in [0.25, 0.3) is 0 Å². The van der Waals surface area contributed by atoms with Crippen LogP contribution in [0.1, 0.15) is 41.5 Å². The summed E-state index contributed by atoms with van der Waals surface area (Å²) >= 11 is 0. The molecule has 2 N–H and O–H groups in total. The quantitative estimate of drug-likeness (QED) is 0.805. The average Bonchev–Trinajstić information content (AvgIpc) is 2.47. The number of ether oxygens (including phenoxy) is 3. The maximum Gasteiger partial charge on any atom is 0.407 e. The van der Waals surface area contributed by atoms with Gasteiger partial charge in [-0.05, 0) is 53.7 Å². The first kappa shape index (κ1) is 21.6. The van der Waals surface area contributed by atoms with E-state index >= 15 is 0 Å². The third-order valence-corrected chi connectivity index (χ3v) is 2.79. The summed E-state index contributed by atoms with van der Waals surface area (Å²) < 4.78 is 16.3. The molecule has 7 nitrogen and oxygen atoms in total. The van der Waals surface area contributed by atoms with E-state index < -0.39 is 29.5 Å². The molecule has 146 valence electrons. The Hall–Kier alpha value is -2.44. The third-order valence-electron chi connectivity index (χ3n) is 2.79. The van der Waals surface area contributed by atoms with Crippen molar-refractivity contribution < 1.29 is 23.8 Å². The van der Waals surface area contributed by atoms with Crippen LogP contribution in [0.2, 0.25) is 0 Å². The van der Waals surface area contributed by atoms with E-state index in [1.807, 2.05) is 18.2 Å². The van der Waals surface area contributed by atoms with Crippen LogP contribution in [-0.4, -0.2) is 42.6 Å². The first-order valence-corrected chi connectivity index (χ1v) is 8.60. The van der Waals surface area contributed by atoms with Gasteiger partial charge < -0.3 is 24.8 Å². The van der Waals surface area contributed by atoms with Gasteiger partial charge in [0, 0.05) is 0 Å². The number of nitrogens with one attached hydrogen (secondary N) is 2. The summed E-state index contributed by atoms with van der Waals surface area (Å²) in [5.74, 6) is 0.634. The minimum atomic E-state index is -0.589. The van der Waals surface area contributed by atoms with Gasteiger partial charge in [-0.25, -0.2) is 9.59 Å². The Bertz CT molecular complexity index is 544. The van der Waals surface area contributed by atoms with Crippen molar-refractivity contribution in [1.82, 2.24) is 10.6 Å². The largest absolute Gasteiger partial charge is 0.487 e. The Labute approximate surface area is 155 Å². The molecular weight excluding hydrogens is 336 g/mol. The zero-order valence-corrected chi connectivity index (χ0v) is 16.4. The van der Waals surface area contributed by atoms with Gasteiger partial charge in [0.25, 0.3) is 0 Å². The topological polar surface area (TPSA) is 85.9 Å². The summed E-state index contributed by atoms with van der Waals surface area (Å²) in [6, 6.07) is 9.16. The zero-order chi connectivity index (χ0) is 19.8. The van der Waals surface area contributed by atoms with Crippen LogP contribution >= 0.6 is 0 Å². The van der Waals surface area contributed by atoms with Gasteiger partial charge in [-0.3, -0.25) is 0 Å². The van der Waals surface area contributed by atoms with Crippen molar-refractivity contribution in [3.8, 4) is 5.75 Å². The number of alkyl carbamates (subject to hydrolysis) is 2. The highest BCUT2D eigenvalue weighted by atomic mass is 16.6. The normalized spacial score (nSPS) is 11.7. The molecule has 0 saturated carbocycles. The summed E-state index contributed by atoms with van der Waals surface area (Å²) in [5.41, 5.74) is -1.18. The van der Waals surface area contributed by atoms with E-state index in [4.69, 9.17) is 14.2 Å². The number of para-hydroxylation sites is 1. The maximum absolute atomic E-state index is 11.8. The molecule has 0 aromatic heterocycles. The lowest BCUT2D eigenvalue weighted by molar-refractivity contribution is 0.0475. The fourth-order valence-corrected chi connectivity index (χ4v) is 1.87. The Morgan fingerprint density at radius 3 is 1.65 bits per heavy atom. The van der Waals surface area contributed by atoms with Crippen LogP contribution in [0.3, 0.4) is 0 Å². The molecule has 7 heteroatoms. The van der Waals surface area contributed by atoms with E-state index in [2.05, 4.69) is 10.6 Å². The molecule has 0 saturated heterocycles. The van der Waals surface area contributed by atoms with Gasteiger partial charge in [-0.1, -0.05) is 18.2 Å². The fourth-order valence-electron chi connectivity index (χ4n) is 1.87. The predicted molar refractivity (Wildman–Crippen MR) is 99.3 cm³/mol. The highest BCUT2D eigenvalue weighted by Crippen LogP contribution is 2.11. The van der Waals surface area contributed by atoms with Crippen LogP contribution in [0.4, 0.5) is 9.59 Å². The molecule has 1 aromatic rings. The van der Waals surface area contributed by atoms with E-state index in [0.29, 0.717) is 5.75 Å². The van der Waals surface area contributed by atoms with Crippen molar-refractivity contribution in [3.63, 3.8) is 0 Å². The Balaban J connectivity index is 2.61. The van der Waals surface area contributed by atoms with Crippen LogP contribution in [-0.2, 0) is 9.47 Å². The van der Waals surface area contributed by atoms with E-state index in [9.17, 15) is 9.59 Å². The lowest BCUT2D eigenvalue weighted by Gasteiger charge is -2.24. The second kappa shape index (κ2) is 9.31. The Kier molecular flexibility index (Phi) is 7.74. The second-order valence-corrected chi connectivity index (χ2v) is 7.82. The molecule has 0 unspecified atom stereocenters. The second-order valence-electron chi connectivity index (χ2n) is 7.82. The monoisotopic (exact) mass is 366 g/mol. The first-order chi connectivity index (χ1) is 11.9. The molecule has 1 rings (SSSR count). The molecule has 0 heterocycles. The SMILES string of the molecule is CC(C)(C)OC(=O)NCC(CNC(=O)OC(C)(C)C)Oc1ccccc1. The van der Waals surface area contributed by atoms with Crippen molar-refractivity contribution >= 4 is 12.2 Å². The van der Waals surface area contributed by atoms with Crippen molar-refractivity contribution in [1.29, 1.82) is 0 Å². The molecular formula is C19H30N2O5. The standard InChI is InChI=1S/C19H30N2O5/c1-18(2,3)25-16(22)20-12-15(24-14-10-8-7-9-11-14)13-21-17(23)26-19(4,5)6/h7-11,15H,12-13H2,1-6H3,(H,20,22)(H,21,23).